The molecule has 0 heterocycles. The molecule has 5 nitrogen and oxygen atoms in total. The summed E-state index contributed by atoms with van der Waals surface area (Å²) >= 11 is 0. The minimum absolute atomic E-state index is 0.0182. The van der Waals surface area contributed by atoms with E-state index in [-0.39, 0.29) is 29.0 Å². The van der Waals surface area contributed by atoms with Crippen molar-refractivity contribution in [3.05, 3.63) is 24.0 Å². The Balaban J connectivity index is 2.73. The van der Waals surface area contributed by atoms with Crippen molar-refractivity contribution in [3.63, 3.8) is 0 Å². The third kappa shape index (κ3) is 5.23. The average Bonchev–Trinajstić information content (AvgIpc) is 2.39. The van der Waals surface area contributed by atoms with Gasteiger partial charge in [-0.2, -0.15) is 0 Å². The Kier molecular flexibility index (Phi) is 6.34. The molecule has 0 bridgehead atoms. The molecule has 1 rings (SSSR count). The molecular formula is C15H24FNO4S. The zero-order valence-corrected chi connectivity index (χ0v) is 14.2. The summed E-state index contributed by atoms with van der Waals surface area (Å²) in [6.45, 7) is 7.70. The van der Waals surface area contributed by atoms with Gasteiger partial charge in [-0.15, -0.1) is 0 Å². The van der Waals surface area contributed by atoms with Crippen LogP contribution in [0.25, 0.3) is 0 Å². The van der Waals surface area contributed by atoms with E-state index < -0.39 is 21.9 Å². The van der Waals surface area contributed by atoms with Crippen molar-refractivity contribution in [2.24, 2.45) is 5.41 Å². The van der Waals surface area contributed by atoms with Crippen molar-refractivity contribution in [3.8, 4) is 5.75 Å². The highest BCUT2D eigenvalue weighted by Gasteiger charge is 2.23. The molecule has 0 aromatic heterocycles. The summed E-state index contributed by atoms with van der Waals surface area (Å²) in [5, 5.41) is 9.88. The van der Waals surface area contributed by atoms with E-state index in [0.29, 0.717) is 6.61 Å². The number of aliphatic hydroxyl groups excluding tert-OH is 1. The van der Waals surface area contributed by atoms with Gasteiger partial charge in [-0.3, -0.25) is 0 Å². The third-order valence-electron chi connectivity index (χ3n) is 3.22. The van der Waals surface area contributed by atoms with Gasteiger partial charge in [0, 0.05) is 6.54 Å². The Morgan fingerprint density at radius 2 is 2.00 bits per heavy atom. The molecule has 0 aliphatic heterocycles. The maximum atomic E-state index is 13.7. The number of ether oxygens (including phenoxy) is 1. The monoisotopic (exact) mass is 333 g/mol. The van der Waals surface area contributed by atoms with E-state index >= 15 is 0 Å². The van der Waals surface area contributed by atoms with E-state index in [9.17, 15) is 17.9 Å². The number of nitrogens with one attached hydrogen (secondary N) is 1. The highest BCUT2D eigenvalue weighted by atomic mass is 32.2. The summed E-state index contributed by atoms with van der Waals surface area (Å²) in [7, 11) is -3.81. The van der Waals surface area contributed by atoms with Crippen molar-refractivity contribution in [1.82, 2.24) is 4.72 Å². The molecule has 1 aromatic carbocycles. The number of hydrogen-bond acceptors (Lipinski definition) is 4. The number of benzene rings is 1. The molecule has 22 heavy (non-hydrogen) atoms. The van der Waals surface area contributed by atoms with Crippen molar-refractivity contribution in [1.29, 1.82) is 0 Å². The first-order valence-corrected chi connectivity index (χ1v) is 8.66. The molecule has 0 fully saturated rings. The van der Waals surface area contributed by atoms with Crippen LogP contribution in [0.5, 0.6) is 5.75 Å². The molecule has 126 valence electrons. The summed E-state index contributed by atoms with van der Waals surface area (Å²) in [6.07, 6.45) is -0.352. The topological polar surface area (TPSA) is 75.6 Å². The lowest BCUT2D eigenvalue weighted by Gasteiger charge is -2.25. The van der Waals surface area contributed by atoms with Gasteiger partial charge in [0.25, 0.3) is 0 Å². The summed E-state index contributed by atoms with van der Waals surface area (Å²) in [5.41, 5.74) is -0.323. The van der Waals surface area contributed by atoms with E-state index in [0.717, 1.165) is 6.07 Å². The number of aliphatic hydroxyl groups is 1. The molecule has 0 aliphatic carbocycles. The molecule has 0 radical (unpaired) electrons. The molecule has 0 saturated heterocycles. The van der Waals surface area contributed by atoms with Crippen LogP contribution in [0.2, 0.25) is 0 Å². The fourth-order valence-electron chi connectivity index (χ4n) is 1.77. The lowest BCUT2D eigenvalue weighted by Crippen LogP contribution is -2.32. The first-order valence-electron chi connectivity index (χ1n) is 7.18. The minimum Gasteiger partial charge on any atom is -0.491 e. The molecule has 0 amide bonds. The predicted molar refractivity (Wildman–Crippen MR) is 82.8 cm³/mol. The van der Waals surface area contributed by atoms with Gasteiger partial charge in [-0.25, -0.2) is 17.5 Å². The molecule has 0 saturated carbocycles. The maximum absolute atomic E-state index is 13.7. The number of sulfonamides is 1. The van der Waals surface area contributed by atoms with Gasteiger partial charge in [0.1, 0.15) is 0 Å². The molecular weight excluding hydrogens is 309 g/mol. The van der Waals surface area contributed by atoms with E-state index in [4.69, 9.17) is 4.74 Å². The first-order chi connectivity index (χ1) is 10.1. The summed E-state index contributed by atoms with van der Waals surface area (Å²) in [4.78, 5) is -0.168. The quantitative estimate of drug-likeness (QED) is 0.803. The Labute approximate surface area is 131 Å². The van der Waals surface area contributed by atoms with Crippen LogP contribution in [0.3, 0.4) is 0 Å². The van der Waals surface area contributed by atoms with Crippen LogP contribution in [0, 0.1) is 11.2 Å². The molecule has 2 N–H and O–H groups in total. The first kappa shape index (κ1) is 18.9. The Morgan fingerprint density at radius 1 is 1.36 bits per heavy atom. The minimum atomic E-state index is -3.81. The standard InChI is InChI=1S/C15H24FNO4S/c1-5-21-13-7-6-11(10-12(13)16)22(19,20)17-9-8-14(18)15(2,3)4/h6-7,10,14,17-18H,5,8-9H2,1-4H3/t14-/m0/s1. The second-order valence-electron chi connectivity index (χ2n) is 6.09. The van der Waals surface area contributed by atoms with Gasteiger partial charge in [0.2, 0.25) is 10.0 Å². The molecule has 0 aliphatic rings. The molecule has 7 heteroatoms. The predicted octanol–water partition coefficient (Wildman–Crippen LogP) is 2.30. The third-order valence-corrected chi connectivity index (χ3v) is 4.68. The second kappa shape index (κ2) is 7.39. The second-order valence-corrected chi connectivity index (χ2v) is 7.86. The average molecular weight is 333 g/mol. The van der Waals surface area contributed by atoms with Gasteiger partial charge < -0.3 is 9.84 Å². The summed E-state index contributed by atoms with van der Waals surface area (Å²) in [5.74, 6) is -0.705. The van der Waals surface area contributed by atoms with Crippen LogP contribution in [-0.2, 0) is 10.0 Å². The SMILES string of the molecule is CCOc1ccc(S(=O)(=O)NCC[C@H](O)C(C)(C)C)cc1F. The number of hydrogen-bond donors (Lipinski definition) is 2. The maximum Gasteiger partial charge on any atom is 0.240 e. The fraction of sp³-hybridized carbons (Fsp3) is 0.600. The van der Waals surface area contributed by atoms with Crippen LogP contribution < -0.4 is 9.46 Å². The largest absolute Gasteiger partial charge is 0.491 e. The molecule has 0 unspecified atom stereocenters. The van der Waals surface area contributed by atoms with Gasteiger partial charge in [-0.05, 0) is 37.0 Å². The van der Waals surface area contributed by atoms with Crippen LogP contribution >= 0.6 is 0 Å². The van der Waals surface area contributed by atoms with Crippen LogP contribution in [0.1, 0.15) is 34.1 Å². The van der Waals surface area contributed by atoms with Gasteiger partial charge in [-0.1, -0.05) is 20.8 Å². The van der Waals surface area contributed by atoms with Crippen molar-refractivity contribution < 1.29 is 22.7 Å². The lowest BCUT2D eigenvalue weighted by molar-refractivity contribution is 0.0571. The van der Waals surface area contributed by atoms with E-state index in [1.54, 1.807) is 6.92 Å². The summed E-state index contributed by atoms with van der Waals surface area (Å²) in [6, 6.07) is 3.50. The Morgan fingerprint density at radius 3 is 2.50 bits per heavy atom. The zero-order chi connectivity index (χ0) is 17.0. The molecule has 0 spiro atoms. The number of rotatable bonds is 7. The van der Waals surface area contributed by atoms with Crippen molar-refractivity contribution >= 4 is 10.0 Å². The van der Waals surface area contributed by atoms with E-state index in [2.05, 4.69) is 4.72 Å². The zero-order valence-electron chi connectivity index (χ0n) is 13.4. The van der Waals surface area contributed by atoms with E-state index in [1.807, 2.05) is 20.8 Å². The highest BCUT2D eigenvalue weighted by Crippen LogP contribution is 2.22. The van der Waals surface area contributed by atoms with Gasteiger partial charge in [0.05, 0.1) is 17.6 Å². The Hall–Kier alpha value is -1.18. The fourth-order valence-corrected chi connectivity index (χ4v) is 2.83. The molecule has 1 aromatic rings. The van der Waals surface area contributed by atoms with Crippen LogP contribution in [0.15, 0.2) is 23.1 Å². The lowest BCUT2D eigenvalue weighted by atomic mass is 9.87. The number of halogens is 1. The van der Waals surface area contributed by atoms with Crippen LogP contribution in [-0.4, -0.2) is 32.8 Å². The smallest absolute Gasteiger partial charge is 0.240 e. The van der Waals surface area contributed by atoms with Gasteiger partial charge >= 0.3 is 0 Å². The van der Waals surface area contributed by atoms with Gasteiger partial charge in [0.15, 0.2) is 11.6 Å². The summed E-state index contributed by atoms with van der Waals surface area (Å²) < 4.78 is 45.3. The highest BCUT2D eigenvalue weighted by molar-refractivity contribution is 7.89. The van der Waals surface area contributed by atoms with Crippen molar-refractivity contribution in [2.45, 2.75) is 45.1 Å². The molecule has 1 atom stereocenters. The van der Waals surface area contributed by atoms with Crippen molar-refractivity contribution in [2.75, 3.05) is 13.2 Å². The normalized spacial score (nSPS) is 13.9. The van der Waals surface area contributed by atoms with E-state index in [1.165, 1.54) is 12.1 Å². The van der Waals surface area contributed by atoms with Crippen LogP contribution in [0.4, 0.5) is 4.39 Å². The Bertz CT molecular complexity index is 596.